The number of carbonyl (C=O) groups is 1. The monoisotopic (exact) mass is 299 g/mol. The summed E-state index contributed by atoms with van der Waals surface area (Å²) < 4.78 is 2.00. The maximum absolute atomic E-state index is 12.8. The number of aliphatic hydroxyl groups excluding tert-OH is 1. The van der Waals surface area contributed by atoms with Crippen LogP contribution in [0.25, 0.3) is 5.82 Å². The van der Waals surface area contributed by atoms with Crippen LogP contribution >= 0.6 is 0 Å². The zero-order chi connectivity index (χ0) is 15.7. The number of hydrogen-bond donors (Lipinski definition) is 1. The Bertz CT molecular complexity index is 675. The molecule has 5 heteroatoms. The highest BCUT2D eigenvalue weighted by Crippen LogP contribution is 2.29. The van der Waals surface area contributed by atoms with E-state index in [9.17, 15) is 9.90 Å². The normalized spacial score (nSPS) is 14.1. The lowest BCUT2D eigenvalue weighted by atomic mass is 10.2. The number of amides is 1. The third-order valence-electron chi connectivity index (χ3n) is 4.13. The van der Waals surface area contributed by atoms with Crippen molar-refractivity contribution in [2.45, 2.75) is 32.7 Å². The molecule has 0 aliphatic heterocycles. The molecule has 0 atom stereocenters. The summed E-state index contributed by atoms with van der Waals surface area (Å²) in [5.41, 5.74) is 2.58. The van der Waals surface area contributed by atoms with Crippen LogP contribution < -0.4 is 0 Å². The van der Waals surface area contributed by atoms with Crippen molar-refractivity contribution in [3.05, 3.63) is 47.4 Å². The fraction of sp³-hybridized carbons (Fsp3) is 0.412. The van der Waals surface area contributed by atoms with E-state index in [4.69, 9.17) is 0 Å². The van der Waals surface area contributed by atoms with Gasteiger partial charge in [-0.25, -0.2) is 4.98 Å². The van der Waals surface area contributed by atoms with Crippen molar-refractivity contribution in [3.63, 3.8) is 0 Å². The van der Waals surface area contributed by atoms with Gasteiger partial charge in [-0.1, -0.05) is 6.07 Å². The first-order chi connectivity index (χ1) is 10.6. The summed E-state index contributed by atoms with van der Waals surface area (Å²) in [6, 6.07) is 7.95. The number of aryl methyl sites for hydroxylation is 1. The van der Waals surface area contributed by atoms with Crippen molar-refractivity contribution < 1.29 is 9.90 Å². The van der Waals surface area contributed by atoms with Gasteiger partial charge in [0.05, 0.1) is 12.2 Å². The summed E-state index contributed by atoms with van der Waals surface area (Å²) in [6.07, 6.45) is 3.81. The minimum atomic E-state index is 0.00121. The highest BCUT2D eigenvalue weighted by Gasteiger charge is 2.34. The molecule has 1 aliphatic carbocycles. The summed E-state index contributed by atoms with van der Waals surface area (Å²) in [6.45, 7) is 4.32. The predicted molar refractivity (Wildman–Crippen MR) is 84.2 cm³/mol. The van der Waals surface area contributed by atoms with Crippen molar-refractivity contribution >= 4 is 5.91 Å². The molecule has 3 rings (SSSR count). The Morgan fingerprint density at radius 3 is 2.77 bits per heavy atom. The first-order valence-corrected chi connectivity index (χ1v) is 7.65. The maximum atomic E-state index is 12.8. The molecule has 5 nitrogen and oxygen atoms in total. The third-order valence-corrected chi connectivity index (χ3v) is 4.13. The summed E-state index contributed by atoms with van der Waals surface area (Å²) >= 11 is 0. The molecule has 0 radical (unpaired) electrons. The van der Waals surface area contributed by atoms with Crippen molar-refractivity contribution in [2.75, 3.05) is 13.2 Å². The number of aliphatic hydroxyl groups is 1. The Labute approximate surface area is 130 Å². The van der Waals surface area contributed by atoms with Gasteiger partial charge in [0.15, 0.2) is 0 Å². The summed E-state index contributed by atoms with van der Waals surface area (Å²) in [5.74, 6) is 0.823. The maximum Gasteiger partial charge on any atom is 0.256 e. The molecule has 2 aromatic heterocycles. The lowest BCUT2D eigenvalue weighted by Crippen LogP contribution is -2.35. The van der Waals surface area contributed by atoms with Gasteiger partial charge in [-0.15, -0.1) is 0 Å². The molecule has 0 spiro atoms. The van der Waals surface area contributed by atoms with Crippen LogP contribution in [0, 0.1) is 13.8 Å². The van der Waals surface area contributed by atoms with E-state index in [0.29, 0.717) is 12.1 Å². The Balaban J connectivity index is 1.97. The quantitative estimate of drug-likeness (QED) is 0.919. The number of nitrogens with zero attached hydrogens (tertiary/aromatic N) is 3. The molecule has 1 amide bonds. The molecule has 2 heterocycles. The van der Waals surface area contributed by atoms with E-state index in [0.717, 1.165) is 30.0 Å². The summed E-state index contributed by atoms with van der Waals surface area (Å²) in [7, 11) is 0. The predicted octanol–water partition coefficient (Wildman–Crippen LogP) is 2.09. The standard InChI is InChI=1S/C17H21N3O2/c1-12-11-15(17(22)19(9-10-21)14-6-7-14)13(2)20(12)16-5-3-4-8-18-16/h3-5,8,11,14,21H,6-7,9-10H2,1-2H3. The molecule has 1 N–H and O–H groups in total. The Morgan fingerprint density at radius 1 is 1.41 bits per heavy atom. The topological polar surface area (TPSA) is 58.4 Å². The molecule has 1 saturated carbocycles. The van der Waals surface area contributed by atoms with E-state index >= 15 is 0 Å². The molecule has 1 aliphatic rings. The molecule has 2 aromatic rings. The molecule has 22 heavy (non-hydrogen) atoms. The zero-order valence-electron chi connectivity index (χ0n) is 13.0. The van der Waals surface area contributed by atoms with E-state index < -0.39 is 0 Å². The van der Waals surface area contributed by atoms with Crippen molar-refractivity contribution in [1.82, 2.24) is 14.5 Å². The van der Waals surface area contributed by atoms with Gasteiger partial charge in [-0.05, 0) is 44.9 Å². The minimum Gasteiger partial charge on any atom is -0.395 e. The Morgan fingerprint density at radius 2 is 2.18 bits per heavy atom. The largest absolute Gasteiger partial charge is 0.395 e. The fourth-order valence-corrected chi connectivity index (χ4v) is 2.92. The van der Waals surface area contributed by atoms with Crippen molar-refractivity contribution in [2.24, 2.45) is 0 Å². The second-order valence-corrected chi connectivity index (χ2v) is 5.76. The van der Waals surface area contributed by atoms with E-state index in [-0.39, 0.29) is 18.6 Å². The highest BCUT2D eigenvalue weighted by atomic mass is 16.3. The van der Waals surface area contributed by atoms with Crippen LogP contribution in [0.3, 0.4) is 0 Å². The number of pyridine rings is 1. The Hall–Kier alpha value is -2.14. The van der Waals surface area contributed by atoms with Crippen LogP contribution in [0.2, 0.25) is 0 Å². The van der Waals surface area contributed by atoms with E-state index in [1.807, 2.05) is 42.7 Å². The van der Waals surface area contributed by atoms with Crippen molar-refractivity contribution in [1.29, 1.82) is 0 Å². The average Bonchev–Trinajstić information content (AvgIpc) is 3.31. The van der Waals surface area contributed by atoms with E-state index in [1.165, 1.54) is 0 Å². The van der Waals surface area contributed by atoms with Gasteiger partial charge in [-0.3, -0.25) is 4.79 Å². The lowest BCUT2D eigenvalue weighted by molar-refractivity contribution is 0.0707. The van der Waals surface area contributed by atoms with Gasteiger partial charge in [0.25, 0.3) is 5.91 Å². The van der Waals surface area contributed by atoms with Crippen LogP contribution in [-0.4, -0.2) is 44.7 Å². The number of aromatic nitrogens is 2. The second kappa shape index (κ2) is 5.93. The third kappa shape index (κ3) is 2.64. The van der Waals surface area contributed by atoms with Crippen LogP contribution in [0.5, 0.6) is 0 Å². The number of hydrogen-bond acceptors (Lipinski definition) is 3. The number of rotatable bonds is 5. The zero-order valence-corrected chi connectivity index (χ0v) is 13.0. The minimum absolute atomic E-state index is 0.00121. The van der Waals surface area contributed by atoms with Gasteiger partial charge in [0, 0.05) is 30.2 Å². The fourth-order valence-electron chi connectivity index (χ4n) is 2.92. The van der Waals surface area contributed by atoms with Gasteiger partial charge >= 0.3 is 0 Å². The number of carbonyl (C=O) groups excluding carboxylic acids is 1. The summed E-state index contributed by atoms with van der Waals surface area (Å²) in [4.78, 5) is 19.0. The smallest absolute Gasteiger partial charge is 0.256 e. The summed E-state index contributed by atoms with van der Waals surface area (Å²) in [5, 5.41) is 9.21. The molecule has 0 saturated heterocycles. The SMILES string of the molecule is Cc1cc(C(=O)N(CCO)C2CC2)c(C)n1-c1ccccn1. The average molecular weight is 299 g/mol. The molecule has 0 aromatic carbocycles. The first-order valence-electron chi connectivity index (χ1n) is 7.65. The molecule has 1 fully saturated rings. The second-order valence-electron chi connectivity index (χ2n) is 5.76. The van der Waals surface area contributed by atoms with E-state index in [1.54, 1.807) is 11.1 Å². The molecular weight excluding hydrogens is 278 g/mol. The van der Waals surface area contributed by atoms with Crippen LogP contribution in [0.4, 0.5) is 0 Å². The van der Waals surface area contributed by atoms with E-state index in [2.05, 4.69) is 4.98 Å². The van der Waals surface area contributed by atoms with Crippen LogP contribution in [0.15, 0.2) is 30.5 Å². The molecule has 0 unspecified atom stereocenters. The highest BCUT2D eigenvalue weighted by molar-refractivity contribution is 5.96. The molecule has 0 bridgehead atoms. The van der Waals surface area contributed by atoms with Gasteiger partial charge in [0.2, 0.25) is 0 Å². The van der Waals surface area contributed by atoms with Gasteiger partial charge in [-0.2, -0.15) is 0 Å². The Kier molecular flexibility index (Phi) is 3.98. The molecular formula is C17H21N3O2. The van der Waals surface area contributed by atoms with Gasteiger partial charge < -0.3 is 14.6 Å². The van der Waals surface area contributed by atoms with Crippen molar-refractivity contribution in [3.8, 4) is 5.82 Å². The van der Waals surface area contributed by atoms with Crippen LogP contribution in [-0.2, 0) is 0 Å². The molecule has 116 valence electrons. The lowest BCUT2D eigenvalue weighted by Gasteiger charge is -2.21. The van der Waals surface area contributed by atoms with Gasteiger partial charge in [0.1, 0.15) is 5.82 Å². The first kappa shape index (κ1) is 14.8. The van der Waals surface area contributed by atoms with Crippen LogP contribution in [0.1, 0.15) is 34.6 Å².